The number of carbonyl (C=O) groups excluding carboxylic acids is 1. The lowest BCUT2D eigenvalue weighted by Gasteiger charge is -2.47. The number of nitrogens with two attached hydrogens (primary N) is 1. The molecule has 0 bridgehead atoms. The summed E-state index contributed by atoms with van der Waals surface area (Å²) in [5.41, 5.74) is 6.44. The number of carbonyl (C=O) groups is 1. The molecule has 1 fully saturated rings. The Labute approximate surface area is 89.0 Å². The standard InChI is InChI=1S/C11H16N2O2/c1-3-11(12)6-13(7-11)10(14)9-4-8(2)15-5-9/h4-5H,3,6-7,12H2,1-2H3. The Morgan fingerprint density at radius 2 is 2.33 bits per heavy atom. The zero-order valence-electron chi connectivity index (χ0n) is 9.12. The van der Waals surface area contributed by atoms with Crippen LogP contribution >= 0.6 is 0 Å². The first-order valence-electron chi connectivity index (χ1n) is 5.17. The van der Waals surface area contributed by atoms with Crippen LogP contribution in [0.3, 0.4) is 0 Å². The number of hydrogen-bond acceptors (Lipinski definition) is 3. The number of furan rings is 1. The molecule has 2 heterocycles. The highest BCUT2D eigenvalue weighted by Crippen LogP contribution is 2.23. The molecule has 0 spiro atoms. The third kappa shape index (κ3) is 1.77. The first-order chi connectivity index (χ1) is 7.04. The fourth-order valence-electron chi connectivity index (χ4n) is 1.82. The van der Waals surface area contributed by atoms with E-state index >= 15 is 0 Å². The number of amides is 1. The molecular weight excluding hydrogens is 192 g/mol. The second kappa shape index (κ2) is 3.38. The van der Waals surface area contributed by atoms with Crippen LogP contribution in [-0.4, -0.2) is 29.4 Å². The Morgan fingerprint density at radius 1 is 1.67 bits per heavy atom. The molecular formula is C11H16N2O2. The second-order valence-corrected chi connectivity index (χ2v) is 4.32. The highest BCUT2D eigenvalue weighted by molar-refractivity contribution is 5.94. The van der Waals surface area contributed by atoms with Gasteiger partial charge in [-0.2, -0.15) is 0 Å². The molecule has 0 unspecified atom stereocenters. The van der Waals surface area contributed by atoms with E-state index in [0.29, 0.717) is 18.7 Å². The van der Waals surface area contributed by atoms with Crippen LogP contribution in [0.5, 0.6) is 0 Å². The van der Waals surface area contributed by atoms with Gasteiger partial charge in [0.05, 0.1) is 11.1 Å². The van der Waals surface area contributed by atoms with E-state index in [1.807, 2.05) is 13.8 Å². The van der Waals surface area contributed by atoms with Gasteiger partial charge in [0.1, 0.15) is 12.0 Å². The average Bonchev–Trinajstić information content (AvgIpc) is 2.59. The summed E-state index contributed by atoms with van der Waals surface area (Å²) in [4.78, 5) is 13.6. The SMILES string of the molecule is CCC1(N)CN(C(=O)c2coc(C)c2)C1. The van der Waals surface area contributed by atoms with Crippen molar-refractivity contribution in [3.8, 4) is 0 Å². The van der Waals surface area contributed by atoms with E-state index in [9.17, 15) is 4.79 Å². The lowest BCUT2D eigenvalue weighted by molar-refractivity contribution is 0.0400. The second-order valence-electron chi connectivity index (χ2n) is 4.32. The summed E-state index contributed by atoms with van der Waals surface area (Å²) in [6.45, 7) is 5.16. The number of nitrogens with zero attached hydrogens (tertiary/aromatic N) is 1. The van der Waals surface area contributed by atoms with Crippen LogP contribution in [0.2, 0.25) is 0 Å². The zero-order valence-corrected chi connectivity index (χ0v) is 9.12. The van der Waals surface area contributed by atoms with Crippen LogP contribution in [0.1, 0.15) is 29.5 Å². The fraction of sp³-hybridized carbons (Fsp3) is 0.545. The van der Waals surface area contributed by atoms with Crippen LogP contribution < -0.4 is 5.73 Å². The molecule has 0 aromatic carbocycles. The fourth-order valence-corrected chi connectivity index (χ4v) is 1.82. The maximum atomic E-state index is 11.9. The molecule has 1 saturated heterocycles. The summed E-state index contributed by atoms with van der Waals surface area (Å²) < 4.78 is 5.10. The van der Waals surface area contributed by atoms with Crippen molar-refractivity contribution in [2.24, 2.45) is 5.73 Å². The van der Waals surface area contributed by atoms with Crippen LogP contribution in [0.15, 0.2) is 16.7 Å². The van der Waals surface area contributed by atoms with Crippen molar-refractivity contribution < 1.29 is 9.21 Å². The van der Waals surface area contributed by atoms with Gasteiger partial charge in [0, 0.05) is 13.1 Å². The maximum Gasteiger partial charge on any atom is 0.257 e. The Bertz CT molecular complexity index is 378. The molecule has 4 heteroatoms. The molecule has 1 aromatic rings. The highest BCUT2D eigenvalue weighted by Gasteiger charge is 2.40. The molecule has 0 atom stereocenters. The van der Waals surface area contributed by atoms with Crippen LogP contribution in [-0.2, 0) is 0 Å². The minimum atomic E-state index is -0.172. The molecule has 0 saturated carbocycles. The molecule has 2 rings (SSSR count). The Hall–Kier alpha value is -1.29. The van der Waals surface area contributed by atoms with Gasteiger partial charge in [-0.1, -0.05) is 6.92 Å². The maximum absolute atomic E-state index is 11.9. The van der Waals surface area contributed by atoms with Gasteiger partial charge in [-0.05, 0) is 19.4 Å². The normalized spacial score (nSPS) is 18.7. The Morgan fingerprint density at radius 3 is 2.80 bits per heavy atom. The topological polar surface area (TPSA) is 59.5 Å². The average molecular weight is 208 g/mol. The minimum absolute atomic E-state index is 0.0152. The van der Waals surface area contributed by atoms with Gasteiger partial charge < -0.3 is 15.1 Å². The summed E-state index contributed by atoms with van der Waals surface area (Å²) in [7, 11) is 0. The Balaban J connectivity index is 2.00. The van der Waals surface area contributed by atoms with Crippen molar-refractivity contribution in [3.05, 3.63) is 23.7 Å². The molecule has 0 aliphatic carbocycles. The van der Waals surface area contributed by atoms with Gasteiger partial charge in [-0.15, -0.1) is 0 Å². The van der Waals surface area contributed by atoms with Gasteiger partial charge in [-0.3, -0.25) is 4.79 Å². The van der Waals surface area contributed by atoms with Crippen molar-refractivity contribution in [1.82, 2.24) is 4.90 Å². The van der Waals surface area contributed by atoms with Crippen LogP contribution in [0, 0.1) is 6.92 Å². The van der Waals surface area contributed by atoms with Gasteiger partial charge in [0.2, 0.25) is 0 Å². The van der Waals surface area contributed by atoms with Gasteiger partial charge >= 0.3 is 0 Å². The molecule has 15 heavy (non-hydrogen) atoms. The third-order valence-corrected chi connectivity index (χ3v) is 2.98. The van der Waals surface area contributed by atoms with E-state index in [-0.39, 0.29) is 11.4 Å². The molecule has 0 radical (unpaired) electrons. The first kappa shape index (κ1) is 10.2. The number of rotatable bonds is 2. The summed E-state index contributed by atoms with van der Waals surface area (Å²) in [6.07, 6.45) is 2.40. The number of hydrogen-bond donors (Lipinski definition) is 1. The van der Waals surface area contributed by atoms with E-state index in [0.717, 1.165) is 12.2 Å². The highest BCUT2D eigenvalue weighted by atomic mass is 16.3. The zero-order chi connectivity index (χ0) is 11.1. The van der Waals surface area contributed by atoms with E-state index in [1.54, 1.807) is 11.0 Å². The van der Waals surface area contributed by atoms with Crippen molar-refractivity contribution in [1.29, 1.82) is 0 Å². The van der Waals surface area contributed by atoms with Crippen molar-refractivity contribution >= 4 is 5.91 Å². The largest absolute Gasteiger partial charge is 0.469 e. The van der Waals surface area contributed by atoms with Crippen LogP contribution in [0.4, 0.5) is 0 Å². The third-order valence-electron chi connectivity index (χ3n) is 2.98. The number of aryl methyl sites for hydroxylation is 1. The van der Waals surface area contributed by atoms with E-state index < -0.39 is 0 Å². The summed E-state index contributed by atoms with van der Waals surface area (Å²) in [6, 6.07) is 1.75. The number of likely N-dealkylation sites (tertiary alicyclic amines) is 1. The molecule has 1 aliphatic rings. The summed E-state index contributed by atoms with van der Waals surface area (Å²) in [5, 5.41) is 0. The van der Waals surface area contributed by atoms with E-state index in [2.05, 4.69) is 0 Å². The van der Waals surface area contributed by atoms with Crippen molar-refractivity contribution in [3.63, 3.8) is 0 Å². The predicted octanol–water partition coefficient (Wildman–Crippen LogP) is 1.15. The smallest absolute Gasteiger partial charge is 0.257 e. The molecule has 82 valence electrons. The predicted molar refractivity (Wildman–Crippen MR) is 56.6 cm³/mol. The minimum Gasteiger partial charge on any atom is -0.469 e. The van der Waals surface area contributed by atoms with Crippen molar-refractivity contribution in [2.75, 3.05) is 13.1 Å². The van der Waals surface area contributed by atoms with E-state index in [4.69, 9.17) is 10.2 Å². The van der Waals surface area contributed by atoms with Crippen LogP contribution in [0.25, 0.3) is 0 Å². The van der Waals surface area contributed by atoms with Crippen molar-refractivity contribution in [2.45, 2.75) is 25.8 Å². The Kier molecular flexibility index (Phi) is 2.31. The molecule has 1 amide bonds. The van der Waals surface area contributed by atoms with Gasteiger partial charge in [0.15, 0.2) is 0 Å². The molecule has 1 aliphatic heterocycles. The summed E-state index contributed by atoms with van der Waals surface area (Å²) >= 11 is 0. The molecule has 4 nitrogen and oxygen atoms in total. The monoisotopic (exact) mass is 208 g/mol. The lowest BCUT2D eigenvalue weighted by Crippen LogP contribution is -2.68. The summed E-state index contributed by atoms with van der Waals surface area (Å²) in [5.74, 6) is 0.773. The van der Waals surface area contributed by atoms with Gasteiger partial charge in [-0.25, -0.2) is 0 Å². The quantitative estimate of drug-likeness (QED) is 0.793. The first-order valence-corrected chi connectivity index (χ1v) is 5.17. The van der Waals surface area contributed by atoms with Gasteiger partial charge in [0.25, 0.3) is 5.91 Å². The molecule has 2 N–H and O–H groups in total. The lowest BCUT2D eigenvalue weighted by atomic mass is 9.88. The molecule has 1 aromatic heterocycles. The van der Waals surface area contributed by atoms with E-state index in [1.165, 1.54) is 6.26 Å².